The van der Waals surface area contributed by atoms with Gasteiger partial charge in [0.05, 0.1) is 0 Å². The molecule has 2 saturated carbocycles. The molecule has 0 atom stereocenters. The van der Waals surface area contributed by atoms with E-state index in [0.29, 0.717) is 5.41 Å². The first kappa shape index (κ1) is 14.1. The van der Waals surface area contributed by atoms with Crippen LogP contribution in [0.25, 0.3) is 0 Å². The van der Waals surface area contributed by atoms with Crippen molar-refractivity contribution in [1.82, 2.24) is 5.32 Å². The Morgan fingerprint density at radius 1 is 1.10 bits per heavy atom. The third kappa shape index (κ3) is 2.50. The van der Waals surface area contributed by atoms with Crippen LogP contribution in [0.3, 0.4) is 0 Å². The number of likely N-dealkylation sites (N-methyl/N-ethyl adjacent to an activating group) is 1. The molecule has 0 aromatic heterocycles. The predicted octanol–water partition coefficient (Wildman–Crippen LogP) is 4.42. The first-order valence-corrected chi connectivity index (χ1v) is 8.09. The Kier molecular flexibility index (Phi) is 3.85. The largest absolute Gasteiger partial charge is 0.319 e. The first-order valence-electron chi connectivity index (χ1n) is 8.09. The van der Waals surface area contributed by atoms with E-state index in [-0.39, 0.29) is 11.2 Å². The minimum atomic E-state index is -0.0974. The fourth-order valence-electron chi connectivity index (χ4n) is 4.80. The molecule has 0 radical (unpaired) electrons. The van der Waals surface area contributed by atoms with E-state index >= 15 is 0 Å². The van der Waals surface area contributed by atoms with Gasteiger partial charge in [-0.15, -0.1) is 0 Å². The summed E-state index contributed by atoms with van der Waals surface area (Å²) in [7, 11) is 2.01. The van der Waals surface area contributed by atoms with E-state index in [1.807, 2.05) is 13.1 Å². The van der Waals surface area contributed by atoms with Gasteiger partial charge < -0.3 is 5.32 Å². The number of halogens is 1. The van der Waals surface area contributed by atoms with E-state index in [1.54, 1.807) is 12.1 Å². The van der Waals surface area contributed by atoms with Gasteiger partial charge in [0.15, 0.2) is 0 Å². The van der Waals surface area contributed by atoms with Gasteiger partial charge in [0, 0.05) is 12.0 Å². The Balaban J connectivity index is 1.81. The second-order valence-corrected chi connectivity index (χ2v) is 7.09. The predicted molar refractivity (Wildman–Crippen MR) is 81.4 cm³/mol. The molecule has 0 amide bonds. The van der Waals surface area contributed by atoms with Crippen molar-refractivity contribution >= 4 is 0 Å². The second kappa shape index (κ2) is 5.48. The lowest BCUT2D eigenvalue weighted by atomic mass is 9.48. The van der Waals surface area contributed by atoms with Gasteiger partial charge in [0.2, 0.25) is 0 Å². The quantitative estimate of drug-likeness (QED) is 0.861. The van der Waals surface area contributed by atoms with Crippen LogP contribution in [0.2, 0.25) is 0 Å². The van der Waals surface area contributed by atoms with Crippen LogP contribution >= 0.6 is 0 Å². The molecule has 2 aliphatic carbocycles. The van der Waals surface area contributed by atoms with Crippen molar-refractivity contribution in [3.05, 3.63) is 35.6 Å². The maximum absolute atomic E-state index is 13.6. The fraction of sp³-hybridized carbons (Fsp3) is 0.667. The van der Waals surface area contributed by atoms with E-state index < -0.39 is 0 Å². The summed E-state index contributed by atoms with van der Waals surface area (Å²) in [5.74, 6) is -0.0974. The highest BCUT2D eigenvalue weighted by Crippen LogP contribution is 2.61. The molecule has 2 aliphatic rings. The zero-order chi connectivity index (χ0) is 14.1. The van der Waals surface area contributed by atoms with Crippen LogP contribution in [0, 0.1) is 11.2 Å². The van der Waals surface area contributed by atoms with Gasteiger partial charge in [-0.3, -0.25) is 0 Å². The minimum Gasteiger partial charge on any atom is -0.319 e. The summed E-state index contributed by atoms with van der Waals surface area (Å²) in [6, 6.07) is 7.28. The van der Waals surface area contributed by atoms with Gasteiger partial charge in [0.1, 0.15) is 5.82 Å². The molecule has 1 nitrogen and oxygen atoms in total. The van der Waals surface area contributed by atoms with E-state index in [0.717, 1.165) is 6.54 Å². The summed E-state index contributed by atoms with van der Waals surface area (Å²) in [5, 5.41) is 3.34. The topological polar surface area (TPSA) is 12.0 Å². The fourth-order valence-corrected chi connectivity index (χ4v) is 4.80. The molecule has 1 aromatic carbocycles. The minimum absolute atomic E-state index is 0.0974. The number of hydrogen-bond donors (Lipinski definition) is 1. The second-order valence-electron chi connectivity index (χ2n) is 7.09. The molecule has 2 fully saturated rings. The van der Waals surface area contributed by atoms with Crippen molar-refractivity contribution in [3.8, 4) is 0 Å². The molecule has 3 rings (SSSR count). The molecule has 0 bridgehead atoms. The smallest absolute Gasteiger partial charge is 0.123 e. The molecule has 110 valence electrons. The Morgan fingerprint density at radius 3 is 2.40 bits per heavy atom. The van der Waals surface area contributed by atoms with Crippen LogP contribution in [-0.4, -0.2) is 13.6 Å². The third-order valence-corrected chi connectivity index (χ3v) is 5.54. The summed E-state index contributed by atoms with van der Waals surface area (Å²) in [5.41, 5.74) is 1.92. The molecule has 0 heterocycles. The van der Waals surface area contributed by atoms with E-state index in [1.165, 1.54) is 56.9 Å². The van der Waals surface area contributed by atoms with Gasteiger partial charge in [-0.25, -0.2) is 4.39 Å². The SMILES string of the molecule is CNCC1(c2cccc(F)c2)CC2(CCCCCC2)C1. The number of nitrogens with one attached hydrogen (secondary N) is 1. The Labute approximate surface area is 122 Å². The van der Waals surface area contributed by atoms with Crippen LogP contribution in [-0.2, 0) is 5.41 Å². The van der Waals surface area contributed by atoms with E-state index in [4.69, 9.17) is 0 Å². The molecule has 0 unspecified atom stereocenters. The van der Waals surface area contributed by atoms with E-state index in [2.05, 4.69) is 11.4 Å². The Bertz CT molecular complexity index is 452. The third-order valence-electron chi connectivity index (χ3n) is 5.54. The Hall–Kier alpha value is -0.890. The summed E-state index contributed by atoms with van der Waals surface area (Å²) in [4.78, 5) is 0. The van der Waals surface area contributed by atoms with Crippen LogP contribution < -0.4 is 5.32 Å². The van der Waals surface area contributed by atoms with Gasteiger partial charge in [-0.1, -0.05) is 37.8 Å². The molecule has 1 N–H and O–H groups in total. The highest BCUT2D eigenvalue weighted by Gasteiger charge is 2.54. The highest BCUT2D eigenvalue weighted by molar-refractivity contribution is 5.32. The van der Waals surface area contributed by atoms with Gasteiger partial charge in [-0.2, -0.15) is 0 Å². The van der Waals surface area contributed by atoms with Crippen LogP contribution in [0.4, 0.5) is 4.39 Å². The first-order chi connectivity index (χ1) is 9.68. The number of rotatable bonds is 3. The summed E-state index contributed by atoms with van der Waals surface area (Å²) >= 11 is 0. The van der Waals surface area contributed by atoms with Crippen molar-refractivity contribution < 1.29 is 4.39 Å². The Morgan fingerprint density at radius 2 is 1.80 bits per heavy atom. The number of benzene rings is 1. The molecular weight excluding hydrogens is 249 g/mol. The lowest BCUT2D eigenvalue weighted by Crippen LogP contribution is -2.54. The summed E-state index contributed by atoms with van der Waals surface area (Å²) in [6.45, 7) is 0.970. The van der Waals surface area contributed by atoms with Crippen molar-refractivity contribution in [2.45, 2.75) is 56.8 Å². The molecule has 1 aromatic rings. The molecule has 2 heteroatoms. The average molecular weight is 275 g/mol. The maximum atomic E-state index is 13.6. The van der Waals surface area contributed by atoms with Gasteiger partial charge in [-0.05, 0) is 55.8 Å². The average Bonchev–Trinajstić information content (AvgIpc) is 2.64. The zero-order valence-electron chi connectivity index (χ0n) is 12.6. The maximum Gasteiger partial charge on any atom is 0.123 e. The standard InChI is InChI=1S/C18H26FN/c1-20-14-18(15-7-6-8-16(19)11-15)12-17(13-18)9-4-2-3-5-10-17/h6-8,11,20H,2-5,9-10,12-14H2,1H3. The zero-order valence-corrected chi connectivity index (χ0v) is 12.6. The molecule has 20 heavy (non-hydrogen) atoms. The molecule has 0 saturated heterocycles. The van der Waals surface area contributed by atoms with Crippen molar-refractivity contribution in [2.24, 2.45) is 5.41 Å². The van der Waals surface area contributed by atoms with Crippen LogP contribution in [0.15, 0.2) is 24.3 Å². The van der Waals surface area contributed by atoms with Crippen molar-refractivity contribution in [1.29, 1.82) is 0 Å². The summed E-state index contributed by atoms with van der Waals surface area (Å²) in [6.07, 6.45) is 10.8. The highest BCUT2D eigenvalue weighted by atomic mass is 19.1. The van der Waals surface area contributed by atoms with Crippen LogP contribution in [0.5, 0.6) is 0 Å². The lowest BCUT2D eigenvalue weighted by molar-refractivity contribution is 0.00705. The monoisotopic (exact) mass is 275 g/mol. The summed E-state index contributed by atoms with van der Waals surface area (Å²) < 4.78 is 13.6. The van der Waals surface area contributed by atoms with E-state index in [9.17, 15) is 4.39 Å². The lowest BCUT2D eigenvalue weighted by Gasteiger charge is -2.57. The van der Waals surface area contributed by atoms with Gasteiger partial charge in [0.25, 0.3) is 0 Å². The molecule has 0 aliphatic heterocycles. The van der Waals surface area contributed by atoms with Crippen molar-refractivity contribution in [2.75, 3.05) is 13.6 Å². The molecule has 1 spiro atoms. The van der Waals surface area contributed by atoms with Crippen LogP contribution in [0.1, 0.15) is 56.9 Å². The van der Waals surface area contributed by atoms with Crippen molar-refractivity contribution in [3.63, 3.8) is 0 Å². The number of hydrogen-bond acceptors (Lipinski definition) is 1. The van der Waals surface area contributed by atoms with Gasteiger partial charge >= 0.3 is 0 Å². The normalized spacial score (nSPS) is 24.1. The molecular formula is C18H26FN.